The van der Waals surface area contributed by atoms with E-state index in [0.717, 1.165) is 35.7 Å². The molecule has 2 aromatic carbocycles. The van der Waals surface area contributed by atoms with Crippen LogP contribution in [0, 0.1) is 5.82 Å². The first-order chi connectivity index (χ1) is 14.4. The van der Waals surface area contributed by atoms with Crippen LogP contribution in [0.2, 0.25) is 0 Å². The summed E-state index contributed by atoms with van der Waals surface area (Å²) in [7, 11) is 0. The number of nitrogens with one attached hydrogen (secondary N) is 1. The number of hydrogen-bond donors (Lipinski definition) is 1. The summed E-state index contributed by atoms with van der Waals surface area (Å²) in [6.07, 6.45) is 5.33. The van der Waals surface area contributed by atoms with Crippen LogP contribution in [0.4, 0.5) is 4.39 Å². The number of halogens is 2. The second-order valence-corrected chi connectivity index (χ2v) is 8.85. The molecule has 0 radical (unpaired) electrons. The Morgan fingerprint density at radius 2 is 1.77 bits per heavy atom. The second-order valence-electron chi connectivity index (χ2n) is 7.94. The van der Waals surface area contributed by atoms with Crippen LogP contribution in [-0.4, -0.2) is 28.8 Å². The van der Waals surface area contributed by atoms with Gasteiger partial charge in [0.2, 0.25) is 11.8 Å². The van der Waals surface area contributed by atoms with E-state index in [1.54, 1.807) is 30.0 Å². The third-order valence-corrected chi connectivity index (χ3v) is 6.21. The van der Waals surface area contributed by atoms with Crippen molar-refractivity contribution in [2.45, 2.75) is 64.1 Å². The minimum atomic E-state index is -0.644. The summed E-state index contributed by atoms with van der Waals surface area (Å²) in [5.74, 6) is -0.830. The molecule has 2 aromatic rings. The molecule has 3 rings (SSSR count). The standard InChI is InChI=1S/C24H28BrFN2O2/c1-17(24(30)27-21-8-3-2-4-9-21)28(16-18-11-13-20(25)14-12-18)23(29)15-19-7-5-6-10-22(19)26/h5-7,10-14,17,21H,2-4,8-9,15-16H2,1H3,(H,27,30)/t17-/m0/s1. The molecule has 1 N–H and O–H groups in total. The van der Waals surface area contributed by atoms with Crippen LogP contribution in [0.5, 0.6) is 0 Å². The quantitative estimate of drug-likeness (QED) is 0.613. The first-order valence-electron chi connectivity index (χ1n) is 10.5. The largest absolute Gasteiger partial charge is 0.352 e. The zero-order valence-corrected chi connectivity index (χ0v) is 18.8. The van der Waals surface area contributed by atoms with E-state index in [0.29, 0.717) is 12.1 Å². The van der Waals surface area contributed by atoms with E-state index in [1.807, 2.05) is 24.3 Å². The number of carbonyl (C=O) groups is 2. The van der Waals surface area contributed by atoms with Gasteiger partial charge in [0.1, 0.15) is 11.9 Å². The molecule has 0 bridgehead atoms. The summed E-state index contributed by atoms with van der Waals surface area (Å²) in [6.45, 7) is 2.04. The highest BCUT2D eigenvalue weighted by atomic mass is 79.9. The molecule has 160 valence electrons. The van der Waals surface area contributed by atoms with E-state index in [2.05, 4.69) is 21.2 Å². The van der Waals surface area contributed by atoms with Gasteiger partial charge in [-0.2, -0.15) is 0 Å². The molecule has 0 aliphatic heterocycles. The molecule has 0 aromatic heterocycles. The van der Waals surface area contributed by atoms with Crippen LogP contribution < -0.4 is 5.32 Å². The lowest BCUT2D eigenvalue weighted by Crippen LogP contribution is -2.50. The van der Waals surface area contributed by atoms with Crippen LogP contribution in [0.15, 0.2) is 53.0 Å². The van der Waals surface area contributed by atoms with E-state index < -0.39 is 11.9 Å². The fraction of sp³-hybridized carbons (Fsp3) is 0.417. The lowest BCUT2D eigenvalue weighted by Gasteiger charge is -2.31. The number of hydrogen-bond acceptors (Lipinski definition) is 2. The first-order valence-corrected chi connectivity index (χ1v) is 11.3. The van der Waals surface area contributed by atoms with Gasteiger partial charge in [-0.1, -0.05) is 65.5 Å². The normalized spacial score (nSPS) is 15.4. The first kappa shape index (κ1) is 22.5. The fourth-order valence-corrected chi connectivity index (χ4v) is 4.11. The summed E-state index contributed by atoms with van der Waals surface area (Å²) in [4.78, 5) is 27.6. The Kier molecular flexibility index (Phi) is 8.02. The Bertz CT molecular complexity index is 866. The Morgan fingerprint density at radius 3 is 2.43 bits per heavy atom. The van der Waals surface area contributed by atoms with Gasteiger partial charge >= 0.3 is 0 Å². The highest BCUT2D eigenvalue weighted by Gasteiger charge is 2.28. The third-order valence-electron chi connectivity index (χ3n) is 5.68. The average molecular weight is 475 g/mol. The van der Waals surface area contributed by atoms with E-state index in [-0.39, 0.29) is 24.3 Å². The van der Waals surface area contributed by atoms with Crippen molar-refractivity contribution < 1.29 is 14.0 Å². The molecule has 1 saturated carbocycles. The number of rotatable bonds is 7. The molecule has 0 spiro atoms. The summed E-state index contributed by atoms with van der Waals surface area (Å²) in [5.41, 5.74) is 1.25. The maximum absolute atomic E-state index is 14.1. The molecule has 4 nitrogen and oxygen atoms in total. The highest BCUT2D eigenvalue weighted by Crippen LogP contribution is 2.19. The smallest absolute Gasteiger partial charge is 0.242 e. The molecule has 1 aliphatic rings. The molecule has 1 atom stereocenters. The van der Waals surface area contributed by atoms with Crippen LogP contribution in [0.3, 0.4) is 0 Å². The Morgan fingerprint density at radius 1 is 1.10 bits per heavy atom. The van der Waals surface area contributed by atoms with Crippen molar-refractivity contribution in [3.8, 4) is 0 Å². The Hall–Kier alpha value is -2.21. The number of amides is 2. The molecule has 2 amide bonds. The number of benzene rings is 2. The van der Waals surface area contributed by atoms with E-state index in [9.17, 15) is 14.0 Å². The molecule has 1 fully saturated rings. The Labute approximate surface area is 186 Å². The third kappa shape index (κ3) is 6.14. The van der Waals surface area contributed by atoms with Crippen molar-refractivity contribution in [3.05, 3.63) is 69.9 Å². The topological polar surface area (TPSA) is 49.4 Å². The summed E-state index contributed by atoms with van der Waals surface area (Å²) < 4.78 is 15.0. The fourth-order valence-electron chi connectivity index (χ4n) is 3.84. The van der Waals surface area contributed by atoms with Gasteiger partial charge < -0.3 is 10.2 Å². The van der Waals surface area contributed by atoms with Gasteiger partial charge in [0.15, 0.2) is 0 Å². The highest BCUT2D eigenvalue weighted by molar-refractivity contribution is 9.10. The summed E-state index contributed by atoms with van der Waals surface area (Å²) in [5, 5.41) is 3.11. The van der Waals surface area contributed by atoms with Crippen molar-refractivity contribution in [2.24, 2.45) is 0 Å². The van der Waals surface area contributed by atoms with E-state index in [4.69, 9.17) is 0 Å². The van der Waals surface area contributed by atoms with Crippen molar-refractivity contribution in [1.29, 1.82) is 0 Å². The van der Waals surface area contributed by atoms with Crippen molar-refractivity contribution >= 4 is 27.7 Å². The SMILES string of the molecule is C[C@@H](C(=O)NC1CCCCC1)N(Cc1ccc(Br)cc1)C(=O)Cc1ccccc1F. The predicted octanol–water partition coefficient (Wildman–Crippen LogP) is 5.00. The van der Waals surface area contributed by atoms with Crippen LogP contribution in [-0.2, 0) is 22.6 Å². The molecular weight excluding hydrogens is 447 g/mol. The van der Waals surface area contributed by atoms with Gasteiger partial charge in [-0.15, -0.1) is 0 Å². The average Bonchev–Trinajstić information content (AvgIpc) is 2.75. The molecule has 0 saturated heterocycles. The zero-order chi connectivity index (χ0) is 21.5. The minimum Gasteiger partial charge on any atom is -0.352 e. The second kappa shape index (κ2) is 10.7. The summed E-state index contributed by atoms with van der Waals surface area (Å²) >= 11 is 3.41. The minimum absolute atomic E-state index is 0.0791. The Balaban J connectivity index is 1.76. The van der Waals surface area contributed by atoms with Crippen molar-refractivity contribution in [3.63, 3.8) is 0 Å². The lowest BCUT2D eigenvalue weighted by molar-refractivity contribution is -0.140. The van der Waals surface area contributed by atoms with Gasteiger partial charge in [0.05, 0.1) is 6.42 Å². The van der Waals surface area contributed by atoms with Gasteiger partial charge in [-0.3, -0.25) is 9.59 Å². The van der Waals surface area contributed by atoms with Gasteiger partial charge in [0, 0.05) is 17.1 Å². The number of nitrogens with zero attached hydrogens (tertiary/aromatic N) is 1. The zero-order valence-electron chi connectivity index (χ0n) is 17.2. The molecule has 1 aliphatic carbocycles. The van der Waals surface area contributed by atoms with Crippen molar-refractivity contribution in [1.82, 2.24) is 10.2 Å². The van der Waals surface area contributed by atoms with Crippen LogP contribution in [0.25, 0.3) is 0 Å². The maximum Gasteiger partial charge on any atom is 0.242 e. The van der Waals surface area contributed by atoms with Gasteiger partial charge in [-0.05, 0) is 49.1 Å². The molecule has 30 heavy (non-hydrogen) atoms. The van der Waals surface area contributed by atoms with Gasteiger partial charge in [0.25, 0.3) is 0 Å². The molecule has 0 heterocycles. The molecular formula is C24H28BrFN2O2. The van der Waals surface area contributed by atoms with Crippen LogP contribution in [0.1, 0.15) is 50.2 Å². The number of carbonyl (C=O) groups excluding carboxylic acids is 2. The maximum atomic E-state index is 14.1. The van der Waals surface area contributed by atoms with Crippen LogP contribution >= 0.6 is 15.9 Å². The van der Waals surface area contributed by atoms with E-state index in [1.165, 1.54) is 12.5 Å². The van der Waals surface area contributed by atoms with Gasteiger partial charge in [-0.25, -0.2) is 4.39 Å². The monoisotopic (exact) mass is 474 g/mol. The molecule has 6 heteroatoms. The summed E-state index contributed by atoms with van der Waals surface area (Å²) in [6, 6.07) is 13.4. The van der Waals surface area contributed by atoms with Crippen molar-refractivity contribution in [2.75, 3.05) is 0 Å². The predicted molar refractivity (Wildman–Crippen MR) is 119 cm³/mol. The van der Waals surface area contributed by atoms with E-state index >= 15 is 0 Å². The lowest BCUT2D eigenvalue weighted by atomic mass is 9.95. The molecule has 0 unspecified atom stereocenters.